The fraction of sp³-hybridized carbons (Fsp3) is 0.167. The van der Waals surface area contributed by atoms with Crippen molar-refractivity contribution in [2.24, 2.45) is 0 Å². The molecule has 9 heteroatoms. The van der Waals surface area contributed by atoms with Crippen LogP contribution in [0.5, 0.6) is 11.5 Å². The standard InChI is InChI=1S/C24H22N4O5/c1-3-28-23(30)18-6-4-16(12-19(18)27-24(28)31)22(29)26-17-5-7-20(32-2)21(13-17)33-14-15-8-10-25-11-9-15/h4-13H,3,14H2,1-2H3,(H,26,29)(H,27,31). The number of fused-ring (bicyclic) bond motifs is 1. The number of carbonyl (C=O) groups is 1. The molecular weight excluding hydrogens is 424 g/mol. The normalized spacial score (nSPS) is 10.7. The molecule has 4 aromatic rings. The Morgan fingerprint density at radius 3 is 2.58 bits per heavy atom. The van der Waals surface area contributed by atoms with E-state index < -0.39 is 17.2 Å². The average Bonchev–Trinajstić information content (AvgIpc) is 2.83. The van der Waals surface area contributed by atoms with Crippen LogP contribution in [-0.4, -0.2) is 27.6 Å². The molecule has 0 unspecified atom stereocenters. The quantitative estimate of drug-likeness (QED) is 0.451. The van der Waals surface area contributed by atoms with Crippen molar-refractivity contribution < 1.29 is 14.3 Å². The van der Waals surface area contributed by atoms with Gasteiger partial charge in [-0.2, -0.15) is 0 Å². The third kappa shape index (κ3) is 4.62. The van der Waals surface area contributed by atoms with Crippen molar-refractivity contribution in [3.8, 4) is 11.5 Å². The lowest BCUT2D eigenvalue weighted by molar-refractivity contribution is 0.102. The molecule has 0 fully saturated rings. The van der Waals surface area contributed by atoms with E-state index in [1.165, 1.54) is 19.2 Å². The maximum absolute atomic E-state index is 12.8. The first kappa shape index (κ1) is 21.8. The molecule has 2 N–H and O–H groups in total. The van der Waals surface area contributed by atoms with E-state index in [1.807, 2.05) is 12.1 Å². The van der Waals surface area contributed by atoms with Gasteiger partial charge in [-0.3, -0.25) is 19.1 Å². The van der Waals surface area contributed by atoms with Gasteiger partial charge >= 0.3 is 5.69 Å². The molecule has 168 valence electrons. The molecule has 0 aliphatic heterocycles. The highest BCUT2D eigenvalue weighted by Crippen LogP contribution is 2.31. The van der Waals surface area contributed by atoms with E-state index in [4.69, 9.17) is 9.47 Å². The van der Waals surface area contributed by atoms with Crippen LogP contribution < -0.4 is 26.0 Å². The first-order valence-electron chi connectivity index (χ1n) is 10.3. The smallest absolute Gasteiger partial charge is 0.328 e. The topological polar surface area (TPSA) is 115 Å². The van der Waals surface area contributed by atoms with Crippen LogP contribution in [0.4, 0.5) is 5.69 Å². The van der Waals surface area contributed by atoms with Crippen LogP contribution in [0.2, 0.25) is 0 Å². The Bertz CT molecular complexity index is 1430. The molecular formula is C24H22N4O5. The summed E-state index contributed by atoms with van der Waals surface area (Å²) in [5, 5.41) is 3.14. The number of anilines is 1. The molecule has 33 heavy (non-hydrogen) atoms. The molecule has 0 aliphatic carbocycles. The van der Waals surface area contributed by atoms with Crippen LogP contribution in [-0.2, 0) is 13.2 Å². The number of rotatable bonds is 7. The molecule has 0 aliphatic rings. The number of amides is 1. The molecule has 2 heterocycles. The second kappa shape index (κ2) is 9.39. The number of methoxy groups -OCH3 is 1. The molecule has 0 radical (unpaired) electrons. The SMILES string of the molecule is CCn1c(=O)[nH]c2cc(C(=O)Nc3ccc(OC)c(OCc4ccncc4)c3)ccc2c1=O. The van der Waals surface area contributed by atoms with Crippen molar-refractivity contribution in [3.63, 3.8) is 0 Å². The number of carbonyl (C=O) groups excluding carboxylic acids is 1. The maximum atomic E-state index is 12.8. The van der Waals surface area contributed by atoms with E-state index in [9.17, 15) is 14.4 Å². The summed E-state index contributed by atoms with van der Waals surface area (Å²) in [6.45, 7) is 2.28. The highest BCUT2D eigenvalue weighted by Gasteiger charge is 2.13. The van der Waals surface area contributed by atoms with E-state index in [1.54, 1.807) is 43.6 Å². The number of H-pyrrole nitrogens is 1. The second-order valence-corrected chi connectivity index (χ2v) is 7.20. The van der Waals surface area contributed by atoms with Gasteiger partial charge in [-0.05, 0) is 55.0 Å². The molecule has 0 bridgehead atoms. The Morgan fingerprint density at radius 2 is 1.85 bits per heavy atom. The van der Waals surface area contributed by atoms with Gasteiger partial charge in [0.2, 0.25) is 0 Å². The van der Waals surface area contributed by atoms with E-state index >= 15 is 0 Å². The lowest BCUT2D eigenvalue weighted by Crippen LogP contribution is -2.34. The summed E-state index contributed by atoms with van der Waals surface area (Å²) in [7, 11) is 1.54. The van der Waals surface area contributed by atoms with Crippen molar-refractivity contribution >= 4 is 22.5 Å². The first-order valence-corrected chi connectivity index (χ1v) is 10.3. The van der Waals surface area contributed by atoms with Gasteiger partial charge in [-0.1, -0.05) is 0 Å². The third-order valence-electron chi connectivity index (χ3n) is 5.13. The van der Waals surface area contributed by atoms with E-state index in [-0.39, 0.29) is 6.54 Å². The fourth-order valence-electron chi connectivity index (χ4n) is 3.39. The van der Waals surface area contributed by atoms with Crippen LogP contribution >= 0.6 is 0 Å². The van der Waals surface area contributed by atoms with E-state index in [0.29, 0.717) is 40.3 Å². The molecule has 0 spiro atoms. The average molecular weight is 446 g/mol. The highest BCUT2D eigenvalue weighted by atomic mass is 16.5. The van der Waals surface area contributed by atoms with Crippen molar-refractivity contribution in [1.29, 1.82) is 0 Å². The summed E-state index contributed by atoms with van der Waals surface area (Å²) in [5.41, 5.74) is 1.13. The molecule has 2 aromatic heterocycles. The number of pyridine rings is 1. The molecule has 4 rings (SSSR count). The first-order chi connectivity index (χ1) is 16.0. The summed E-state index contributed by atoms with van der Waals surface area (Å²) in [4.78, 5) is 44.0. The Balaban J connectivity index is 1.57. The highest BCUT2D eigenvalue weighted by molar-refractivity contribution is 6.06. The molecule has 0 atom stereocenters. The summed E-state index contributed by atoms with van der Waals surface area (Å²) in [6, 6.07) is 13.3. The molecule has 9 nitrogen and oxygen atoms in total. The monoisotopic (exact) mass is 446 g/mol. The zero-order valence-corrected chi connectivity index (χ0v) is 18.1. The molecule has 0 saturated carbocycles. The zero-order chi connectivity index (χ0) is 23.4. The number of hydrogen-bond donors (Lipinski definition) is 2. The number of aromatic nitrogens is 3. The van der Waals surface area contributed by atoms with Gasteiger partial charge in [0, 0.05) is 36.3 Å². The third-order valence-corrected chi connectivity index (χ3v) is 5.13. The van der Waals surface area contributed by atoms with E-state index in [0.717, 1.165) is 10.1 Å². The number of hydrogen-bond acceptors (Lipinski definition) is 6. The Hall–Kier alpha value is -4.40. The van der Waals surface area contributed by atoms with Crippen molar-refractivity contribution in [1.82, 2.24) is 14.5 Å². The maximum Gasteiger partial charge on any atom is 0.328 e. The summed E-state index contributed by atoms with van der Waals surface area (Å²) < 4.78 is 12.3. The second-order valence-electron chi connectivity index (χ2n) is 7.20. The summed E-state index contributed by atoms with van der Waals surface area (Å²) in [5.74, 6) is 0.593. The van der Waals surface area contributed by atoms with Crippen molar-refractivity contribution in [3.05, 3.63) is 92.9 Å². The Labute approximate surface area is 188 Å². The predicted octanol–water partition coefficient (Wildman–Crippen LogP) is 2.94. The van der Waals surface area contributed by atoms with Crippen LogP contribution in [0.25, 0.3) is 10.9 Å². The van der Waals surface area contributed by atoms with Gasteiger partial charge in [-0.15, -0.1) is 0 Å². The predicted molar refractivity (Wildman–Crippen MR) is 124 cm³/mol. The van der Waals surface area contributed by atoms with Gasteiger partial charge in [-0.25, -0.2) is 4.79 Å². The minimum absolute atomic E-state index is 0.259. The van der Waals surface area contributed by atoms with Crippen LogP contribution in [0, 0.1) is 0 Å². The van der Waals surface area contributed by atoms with Crippen LogP contribution in [0.1, 0.15) is 22.8 Å². The minimum Gasteiger partial charge on any atom is -0.493 e. The number of nitrogens with one attached hydrogen (secondary N) is 2. The molecule has 1 amide bonds. The lowest BCUT2D eigenvalue weighted by atomic mass is 10.1. The Morgan fingerprint density at radius 1 is 1.06 bits per heavy atom. The van der Waals surface area contributed by atoms with Crippen LogP contribution in [0.15, 0.2) is 70.5 Å². The number of aromatic amines is 1. The van der Waals surface area contributed by atoms with Gasteiger partial charge in [0.15, 0.2) is 11.5 Å². The Kier molecular flexibility index (Phi) is 6.21. The van der Waals surface area contributed by atoms with Crippen molar-refractivity contribution in [2.45, 2.75) is 20.1 Å². The van der Waals surface area contributed by atoms with Crippen LogP contribution in [0.3, 0.4) is 0 Å². The number of nitrogens with zero attached hydrogens (tertiary/aromatic N) is 2. The molecule has 0 saturated heterocycles. The fourth-order valence-corrected chi connectivity index (χ4v) is 3.39. The van der Waals surface area contributed by atoms with Gasteiger partial charge in [0.1, 0.15) is 6.61 Å². The summed E-state index contributed by atoms with van der Waals surface area (Å²) in [6.07, 6.45) is 3.36. The zero-order valence-electron chi connectivity index (χ0n) is 18.1. The summed E-state index contributed by atoms with van der Waals surface area (Å²) >= 11 is 0. The minimum atomic E-state index is -0.515. The van der Waals surface area contributed by atoms with E-state index in [2.05, 4.69) is 15.3 Å². The lowest BCUT2D eigenvalue weighted by Gasteiger charge is -2.13. The van der Waals surface area contributed by atoms with Gasteiger partial charge in [0.05, 0.1) is 18.0 Å². The largest absolute Gasteiger partial charge is 0.493 e. The molecule has 2 aromatic carbocycles. The number of ether oxygens (including phenoxy) is 2. The van der Waals surface area contributed by atoms with Gasteiger partial charge in [0.25, 0.3) is 11.5 Å². The van der Waals surface area contributed by atoms with Crippen molar-refractivity contribution in [2.75, 3.05) is 12.4 Å². The number of benzene rings is 2. The van der Waals surface area contributed by atoms with Gasteiger partial charge < -0.3 is 19.8 Å².